The molecule has 1 aromatic carbocycles. The number of pyridine rings is 1. The Morgan fingerprint density at radius 3 is 2.59 bits per heavy atom. The number of rotatable bonds is 4. The van der Waals surface area contributed by atoms with Gasteiger partial charge in [0.25, 0.3) is 5.78 Å². The van der Waals surface area contributed by atoms with E-state index in [1.165, 1.54) is 16.0 Å². The summed E-state index contributed by atoms with van der Waals surface area (Å²) in [5, 5.41) is 16.9. The molecule has 0 aliphatic rings. The average molecular weight is 408 g/mol. The van der Waals surface area contributed by atoms with E-state index in [9.17, 15) is 9.90 Å². The van der Waals surface area contributed by atoms with Gasteiger partial charge in [0, 0.05) is 23.2 Å². The van der Waals surface area contributed by atoms with Crippen LogP contribution >= 0.6 is 11.3 Å². The van der Waals surface area contributed by atoms with E-state index in [0.29, 0.717) is 16.2 Å². The number of hydrogen-bond donors (Lipinski definition) is 1. The van der Waals surface area contributed by atoms with Gasteiger partial charge in [0.2, 0.25) is 5.69 Å². The molecule has 0 fully saturated rings. The lowest BCUT2D eigenvalue weighted by Gasteiger charge is -2.08. The molecule has 3 aromatic heterocycles. The third-order valence-corrected chi connectivity index (χ3v) is 6.22. The van der Waals surface area contributed by atoms with E-state index >= 15 is 0 Å². The summed E-state index contributed by atoms with van der Waals surface area (Å²) in [5.74, 6) is -1.32. The van der Waals surface area contributed by atoms with Crippen LogP contribution in [0.25, 0.3) is 15.9 Å². The standard InChI is InChI=1S/C21H20N4O3S/c1-5-14-11(3)15-16(22)19(29-20(15)23-12(14)4)18(26)17-21(27)28-24-25(17)13-8-6-10(2)7-9-13/h6-9H,5H2,1-4H3,(H2-,22,24,26,27). The predicted octanol–water partition coefficient (Wildman–Crippen LogP) is 2.94. The van der Waals surface area contributed by atoms with Gasteiger partial charge in [-0.3, -0.25) is 4.79 Å². The molecule has 0 aliphatic carbocycles. The molecule has 148 valence electrons. The van der Waals surface area contributed by atoms with Crippen molar-refractivity contribution >= 4 is 33.0 Å². The molecule has 0 amide bonds. The van der Waals surface area contributed by atoms with Crippen molar-refractivity contribution in [2.75, 3.05) is 5.73 Å². The monoisotopic (exact) mass is 408 g/mol. The lowest BCUT2D eigenvalue weighted by Crippen LogP contribution is -2.39. The van der Waals surface area contributed by atoms with E-state index < -0.39 is 11.7 Å². The number of anilines is 1. The summed E-state index contributed by atoms with van der Waals surface area (Å²) < 4.78 is 6.02. The normalized spacial score (nSPS) is 11.3. The SMILES string of the molecule is CCc1c(C)nc2sc(C(=O)c3c([O-])on[n+]3-c3ccc(C)cc3)c(N)c2c1C. The molecule has 0 unspecified atom stereocenters. The summed E-state index contributed by atoms with van der Waals surface area (Å²) in [5.41, 5.74) is 11.2. The van der Waals surface area contributed by atoms with Gasteiger partial charge in [0.15, 0.2) is 5.95 Å². The maximum Gasteiger partial charge on any atom is 0.312 e. The van der Waals surface area contributed by atoms with E-state index in [-0.39, 0.29) is 10.6 Å². The van der Waals surface area contributed by atoms with E-state index in [1.807, 2.05) is 32.9 Å². The number of ketones is 1. The van der Waals surface area contributed by atoms with Crippen LogP contribution in [0.15, 0.2) is 28.8 Å². The van der Waals surface area contributed by atoms with E-state index in [0.717, 1.165) is 34.2 Å². The van der Waals surface area contributed by atoms with E-state index in [1.54, 1.807) is 12.1 Å². The number of nitrogen functional groups attached to an aromatic ring is 1. The van der Waals surface area contributed by atoms with Crippen LogP contribution in [0.5, 0.6) is 5.95 Å². The fraction of sp³-hybridized carbons (Fsp3) is 0.238. The van der Waals surface area contributed by atoms with Crippen molar-refractivity contribution < 1.29 is 19.1 Å². The second kappa shape index (κ2) is 6.97. The van der Waals surface area contributed by atoms with E-state index in [2.05, 4.69) is 17.2 Å². The van der Waals surface area contributed by atoms with Crippen LogP contribution in [0, 0.1) is 20.8 Å². The smallest absolute Gasteiger partial charge is 0.312 e. The highest BCUT2D eigenvalue weighted by Gasteiger charge is 2.32. The summed E-state index contributed by atoms with van der Waals surface area (Å²) in [6.07, 6.45) is 0.822. The first-order chi connectivity index (χ1) is 13.8. The molecule has 7 nitrogen and oxygen atoms in total. The van der Waals surface area contributed by atoms with Crippen LogP contribution in [0.3, 0.4) is 0 Å². The third kappa shape index (κ3) is 2.96. The topological polar surface area (TPSA) is 109 Å². The number of carbonyl (C=O) groups is 1. The molecule has 2 N–H and O–H groups in total. The molecule has 29 heavy (non-hydrogen) atoms. The minimum atomic E-state index is -0.803. The van der Waals surface area contributed by atoms with Gasteiger partial charge in [0.05, 0.1) is 11.0 Å². The summed E-state index contributed by atoms with van der Waals surface area (Å²) in [4.78, 5) is 18.9. The van der Waals surface area contributed by atoms with Gasteiger partial charge in [0.1, 0.15) is 9.71 Å². The molecular formula is C21H20N4O3S. The van der Waals surface area contributed by atoms with Gasteiger partial charge in [-0.2, -0.15) is 0 Å². The summed E-state index contributed by atoms with van der Waals surface area (Å²) >= 11 is 1.19. The van der Waals surface area contributed by atoms with Gasteiger partial charge >= 0.3 is 5.69 Å². The Balaban J connectivity index is 1.89. The Kier molecular flexibility index (Phi) is 4.58. The first-order valence-electron chi connectivity index (χ1n) is 9.22. The molecule has 0 saturated heterocycles. The molecule has 3 heterocycles. The highest BCUT2D eigenvalue weighted by molar-refractivity contribution is 7.21. The molecule has 0 bridgehead atoms. The average Bonchev–Trinajstić information content (AvgIpc) is 3.22. The van der Waals surface area contributed by atoms with Crippen LogP contribution < -0.4 is 15.5 Å². The van der Waals surface area contributed by atoms with Crippen molar-refractivity contribution in [3.05, 3.63) is 57.2 Å². The summed E-state index contributed by atoms with van der Waals surface area (Å²) in [6, 6.07) is 7.27. The zero-order chi connectivity index (χ0) is 20.9. The maximum absolute atomic E-state index is 13.3. The molecule has 0 aliphatic heterocycles. The second-order valence-electron chi connectivity index (χ2n) is 6.96. The lowest BCUT2D eigenvalue weighted by atomic mass is 10.0. The summed E-state index contributed by atoms with van der Waals surface area (Å²) in [6.45, 7) is 7.94. The predicted molar refractivity (Wildman–Crippen MR) is 109 cm³/mol. The van der Waals surface area contributed by atoms with Crippen LogP contribution in [-0.2, 0) is 6.42 Å². The number of thiophene rings is 1. The van der Waals surface area contributed by atoms with Gasteiger partial charge in [-0.25, -0.2) is 4.98 Å². The van der Waals surface area contributed by atoms with Crippen LogP contribution in [0.2, 0.25) is 0 Å². The maximum atomic E-state index is 13.3. The Hall–Kier alpha value is -3.26. The number of carbonyl (C=O) groups excluding carboxylic acids is 1. The highest BCUT2D eigenvalue weighted by atomic mass is 32.1. The molecule has 4 aromatic rings. The second-order valence-corrected chi connectivity index (χ2v) is 7.96. The van der Waals surface area contributed by atoms with Crippen molar-refractivity contribution in [2.24, 2.45) is 0 Å². The molecule has 8 heteroatoms. The molecule has 0 radical (unpaired) electrons. The van der Waals surface area contributed by atoms with Crippen LogP contribution in [0.4, 0.5) is 5.69 Å². The van der Waals surface area contributed by atoms with Gasteiger partial charge in [-0.15, -0.1) is 11.3 Å². The number of fused-ring (bicyclic) bond motifs is 1. The van der Waals surface area contributed by atoms with Crippen molar-refractivity contribution in [1.82, 2.24) is 10.3 Å². The van der Waals surface area contributed by atoms with Crippen molar-refractivity contribution in [2.45, 2.75) is 34.1 Å². The number of nitrogens with zero attached hydrogens (tertiary/aromatic N) is 3. The Morgan fingerprint density at radius 1 is 1.24 bits per heavy atom. The largest absolute Gasteiger partial charge is 0.539 e. The molecular weight excluding hydrogens is 388 g/mol. The Morgan fingerprint density at radius 2 is 1.93 bits per heavy atom. The first kappa shape index (κ1) is 19.1. The van der Waals surface area contributed by atoms with Gasteiger partial charge in [-0.1, -0.05) is 24.6 Å². The molecule has 4 rings (SSSR count). The van der Waals surface area contributed by atoms with Gasteiger partial charge < -0.3 is 15.4 Å². The zero-order valence-corrected chi connectivity index (χ0v) is 17.4. The van der Waals surface area contributed by atoms with Crippen molar-refractivity contribution in [3.8, 4) is 11.6 Å². The fourth-order valence-corrected chi connectivity index (χ4v) is 4.75. The number of hydrogen-bond acceptors (Lipinski definition) is 7. The van der Waals surface area contributed by atoms with Gasteiger partial charge in [-0.05, 0) is 43.0 Å². The Labute approximate surface area is 171 Å². The Bertz CT molecular complexity index is 1260. The minimum absolute atomic E-state index is 0.183. The number of aromatic nitrogens is 3. The first-order valence-corrected chi connectivity index (χ1v) is 10.0. The third-order valence-electron chi connectivity index (χ3n) is 5.12. The number of aryl methyl sites for hydroxylation is 3. The highest BCUT2D eigenvalue weighted by Crippen LogP contribution is 2.38. The lowest BCUT2D eigenvalue weighted by molar-refractivity contribution is -0.672. The number of benzene rings is 1. The minimum Gasteiger partial charge on any atom is -0.539 e. The number of nitrogens with two attached hydrogens (primary N) is 1. The fourth-order valence-electron chi connectivity index (χ4n) is 3.61. The molecule has 0 spiro atoms. The van der Waals surface area contributed by atoms with E-state index in [4.69, 9.17) is 10.3 Å². The van der Waals surface area contributed by atoms with Crippen LogP contribution in [0.1, 0.15) is 44.7 Å². The van der Waals surface area contributed by atoms with Crippen molar-refractivity contribution in [1.29, 1.82) is 0 Å². The van der Waals surface area contributed by atoms with Crippen LogP contribution in [-0.4, -0.2) is 16.0 Å². The molecule has 0 atom stereocenters. The summed E-state index contributed by atoms with van der Waals surface area (Å²) in [7, 11) is 0. The quantitative estimate of drug-likeness (QED) is 0.411. The molecule has 0 saturated carbocycles. The zero-order valence-electron chi connectivity index (χ0n) is 16.6. The van der Waals surface area contributed by atoms with Crippen molar-refractivity contribution in [3.63, 3.8) is 0 Å².